The summed E-state index contributed by atoms with van der Waals surface area (Å²) >= 11 is 0. The SMILES string of the molecule is COc1ccc(C(O)CNC(=O)C2(c3cccc(F)c3)CC2)cc1. The molecule has 1 saturated carbocycles. The lowest BCUT2D eigenvalue weighted by Gasteiger charge is -2.18. The Hall–Kier alpha value is -2.40. The predicted molar refractivity (Wildman–Crippen MR) is 88.3 cm³/mol. The molecule has 24 heavy (non-hydrogen) atoms. The Balaban J connectivity index is 1.62. The molecule has 0 aromatic heterocycles. The Labute approximate surface area is 140 Å². The highest BCUT2D eigenvalue weighted by Crippen LogP contribution is 2.48. The molecule has 1 unspecified atom stereocenters. The number of aliphatic hydroxyl groups is 1. The number of hydrogen-bond acceptors (Lipinski definition) is 3. The third kappa shape index (κ3) is 3.26. The van der Waals surface area contributed by atoms with Crippen LogP contribution < -0.4 is 10.1 Å². The molecule has 1 fully saturated rings. The lowest BCUT2D eigenvalue weighted by atomic mass is 9.94. The number of carbonyl (C=O) groups is 1. The number of methoxy groups -OCH3 is 1. The molecule has 3 rings (SSSR count). The topological polar surface area (TPSA) is 58.6 Å². The van der Waals surface area contributed by atoms with Crippen molar-refractivity contribution in [3.63, 3.8) is 0 Å². The van der Waals surface area contributed by atoms with E-state index in [9.17, 15) is 14.3 Å². The van der Waals surface area contributed by atoms with Crippen molar-refractivity contribution in [2.24, 2.45) is 0 Å². The molecule has 0 bridgehead atoms. The second kappa shape index (κ2) is 6.61. The van der Waals surface area contributed by atoms with Crippen LogP contribution in [0.2, 0.25) is 0 Å². The third-order valence-corrected chi connectivity index (χ3v) is 4.52. The quantitative estimate of drug-likeness (QED) is 0.857. The summed E-state index contributed by atoms with van der Waals surface area (Å²) in [7, 11) is 1.58. The van der Waals surface area contributed by atoms with Gasteiger partial charge in [-0.3, -0.25) is 4.79 Å². The molecule has 1 aliphatic carbocycles. The highest BCUT2D eigenvalue weighted by atomic mass is 19.1. The summed E-state index contributed by atoms with van der Waals surface area (Å²) < 4.78 is 18.5. The highest BCUT2D eigenvalue weighted by Gasteiger charge is 2.51. The van der Waals surface area contributed by atoms with Crippen molar-refractivity contribution >= 4 is 5.91 Å². The fraction of sp³-hybridized carbons (Fsp3) is 0.316. The Morgan fingerprint density at radius 3 is 2.58 bits per heavy atom. The number of ether oxygens (including phenoxy) is 1. The molecule has 2 N–H and O–H groups in total. The lowest BCUT2D eigenvalue weighted by Crippen LogP contribution is -2.37. The maximum Gasteiger partial charge on any atom is 0.230 e. The van der Waals surface area contributed by atoms with Gasteiger partial charge in [-0.1, -0.05) is 24.3 Å². The van der Waals surface area contributed by atoms with Gasteiger partial charge in [0.2, 0.25) is 5.91 Å². The van der Waals surface area contributed by atoms with E-state index in [0.717, 1.165) is 0 Å². The Kier molecular flexibility index (Phi) is 4.53. The maximum atomic E-state index is 13.4. The summed E-state index contributed by atoms with van der Waals surface area (Å²) in [6.45, 7) is 0.113. The van der Waals surface area contributed by atoms with Crippen LogP contribution in [-0.2, 0) is 10.2 Å². The molecule has 1 atom stereocenters. The first kappa shape index (κ1) is 16.5. The van der Waals surface area contributed by atoms with Crippen molar-refractivity contribution in [2.75, 3.05) is 13.7 Å². The summed E-state index contributed by atoms with van der Waals surface area (Å²) in [6.07, 6.45) is 0.588. The van der Waals surface area contributed by atoms with Crippen molar-refractivity contribution in [1.29, 1.82) is 0 Å². The van der Waals surface area contributed by atoms with Gasteiger partial charge in [-0.15, -0.1) is 0 Å². The normalized spacial score (nSPS) is 16.3. The molecule has 0 saturated heterocycles. The smallest absolute Gasteiger partial charge is 0.230 e. The first-order valence-electron chi connectivity index (χ1n) is 7.91. The summed E-state index contributed by atoms with van der Waals surface area (Å²) in [5, 5.41) is 13.0. The molecule has 5 heteroatoms. The molecule has 1 amide bonds. The van der Waals surface area contributed by atoms with Crippen LogP contribution >= 0.6 is 0 Å². The van der Waals surface area contributed by atoms with Crippen molar-refractivity contribution in [1.82, 2.24) is 5.32 Å². The summed E-state index contributed by atoms with van der Waals surface area (Å²) in [5.41, 5.74) is 0.743. The predicted octanol–water partition coefficient (Wildman–Crippen LogP) is 2.72. The van der Waals surface area contributed by atoms with E-state index in [0.29, 0.717) is 29.7 Å². The maximum absolute atomic E-state index is 13.4. The minimum Gasteiger partial charge on any atom is -0.497 e. The first-order valence-corrected chi connectivity index (χ1v) is 7.91. The number of aliphatic hydroxyl groups excluding tert-OH is 1. The average Bonchev–Trinajstić information content (AvgIpc) is 3.41. The number of benzene rings is 2. The van der Waals surface area contributed by atoms with Gasteiger partial charge < -0.3 is 15.2 Å². The monoisotopic (exact) mass is 329 g/mol. The Bertz CT molecular complexity index is 726. The van der Waals surface area contributed by atoms with Crippen molar-refractivity contribution in [2.45, 2.75) is 24.4 Å². The van der Waals surface area contributed by atoms with E-state index in [4.69, 9.17) is 4.74 Å². The third-order valence-electron chi connectivity index (χ3n) is 4.52. The Morgan fingerprint density at radius 1 is 1.29 bits per heavy atom. The van der Waals surface area contributed by atoms with Gasteiger partial charge in [0.1, 0.15) is 11.6 Å². The number of amides is 1. The molecule has 0 spiro atoms. The van der Waals surface area contributed by atoms with Crippen LogP contribution in [-0.4, -0.2) is 24.7 Å². The van der Waals surface area contributed by atoms with Gasteiger partial charge in [-0.05, 0) is 48.2 Å². The number of nitrogens with one attached hydrogen (secondary N) is 1. The Morgan fingerprint density at radius 2 is 2.00 bits per heavy atom. The van der Waals surface area contributed by atoms with Crippen LogP contribution in [0.15, 0.2) is 48.5 Å². The van der Waals surface area contributed by atoms with Gasteiger partial charge in [0.25, 0.3) is 0 Å². The molecule has 0 aliphatic heterocycles. The number of rotatable bonds is 6. The van der Waals surface area contributed by atoms with E-state index >= 15 is 0 Å². The zero-order valence-corrected chi connectivity index (χ0v) is 13.5. The minimum atomic E-state index is -0.803. The van der Waals surface area contributed by atoms with E-state index in [1.165, 1.54) is 12.1 Å². The van der Waals surface area contributed by atoms with Gasteiger partial charge in [0, 0.05) is 6.54 Å². The van der Waals surface area contributed by atoms with Gasteiger partial charge in [-0.25, -0.2) is 4.39 Å². The molecular weight excluding hydrogens is 309 g/mol. The zero-order valence-electron chi connectivity index (χ0n) is 13.5. The summed E-state index contributed by atoms with van der Waals surface area (Å²) in [5.74, 6) is 0.198. The summed E-state index contributed by atoms with van der Waals surface area (Å²) in [4.78, 5) is 12.5. The van der Waals surface area contributed by atoms with Crippen LogP contribution in [0.5, 0.6) is 5.75 Å². The van der Waals surface area contributed by atoms with E-state index in [1.54, 1.807) is 43.5 Å². The van der Waals surface area contributed by atoms with Crippen LogP contribution in [0.1, 0.15) is 30.1 Å². The number of halogens is 1. The number of carbonyl (C=O) groups excluding carboxylic acids is 1. The average molecular weight is 329 g/mol. The molecule has 126 valence electrons. The molecule has 2 aromatic rings. The van der Waals surface area contributed by atoms with Gasteiger partial charge in [-0.2, -0.15) is 0 Å². The van der Waals surface area contributed by atoms with E-state index < -0.39 is 11.5 Å². The highest BCUT2D eigenvalue weighted by molar-refractivity contribution is 5.91. The standard InChI is InChI=1S/C19H20FNO3/c1-24-16-7-5-13(6-8-16)17(22)12-21-18(23)19(9-10-19)14-3-2-4-15(20)11-14/h2-8,11,17,22H,9-10,12H2,1H3,(H,21,23). The van der Waals surface area contributed by atoms with Crippen LogP contribution in [0, 0.1) is 5.82 Å². The summed E-state index contributed by atoms with van der Waals surface area (Å²) in [6, 6.07) is 13.2. The fourth-order valence-electron chi connectivity index (χ4n) is 2.86. The van der Waals surface area contributed by atoms with Gasteiger partial charge in [0.15, 0.2) is 0 Å². The van der Waals surface area contributed by atoms with E-state index in [-0.39, 0.29) is 18.3 Å². The molecule has 0 radical (unpaired) electrons. The molecule has 0 heterocycles. The zero-order chi connectivity index (χ0) is 17.2. The molecule has 2 aromatic carbocycles. The van der Waals surface area contributed by atoms with Gasteiger partial charge >= 0.3 is 0 Å². The van der Waals surface area contributed by atoms with E-state index in [2.05, 4.69) is 5.32 Å². The van der Waals surface area contributed by atoms with Crippen molar-refractivity contribution in [3.05, 3.63) is 65.5 Å². The van der Waals surface area contributed by atoms with Gasteiger partial charge in [0.05, 0.1) is 18.6 Å². The first-order chi connectivity index (χ1) is 11.5. The van der Waals surface area contributed by atoms with Crippen LogP contribution in [0.4, 0.5) is 4.39 Å². The number of hydrogen-bond donors (Lipinski definition) is 2. The second-order valence-corrected chi connectivity index (χ2v) is 6.09. The molecule has 4 nitrogen and oxygen atoms in total. The lowest BCUT2D eigenvalue weighted by molar-refractivity contribution is -0.124. The van der Waals surface area contributed by atoms with Crippen LogP contribution in [0.25, 0.3) is 0 Å². The molecule has 1 aliphatic rings. The van der Waals surface area contributed by atoms with Crippen molar-refractivity contribution < 1.29 is 19.0 Å². The largest absolute Gasteiger partial charge is 0.497 e. The van der Waals surface area contributed by atoms with Crippen molar-refractivity contribution in [3.8, 4) is 5.75 Å². The second-order valence-electron chi connectivity index (χ2n) is 6.09. The fourth-order valence-corrected chi connectivity index (χ4v) is 2.86. The van der Waals surface area contributed by atoms with Crippen LogP contribution in [0.3, 0.4) is 0 Å². The minimum absolute atomic E-state index is 0.113. The van der Waals surface area contributed by atoms with E-state index in [1.807, 2.05) is 0 Å². The molecular formula is C19H20FNO3.